The van der Waals surface area contributed by atoms with Crippen LogP contribution in [0.5, 0.6) is 0 Å². The highest BCUT2D eigenvalue weighted by atomic mass is 16.1. The first-order valence-corrected chi connectivity index (χ1v) is 6.21. The second-order valence-corrected chi connectivity index (χ2v) is 5.38. The maximum Gasteiger partial charge on any atom is 0.165 e. The van der Waals surface area contributed by atoms with E-state index >= 15 is 0 Å². The molecule has 0 amide bonds. The minimum Gasteiger partial charge on any atom is -0.294 e. The van der Waals surface area contributed by atoms with Gasteiger partial charge in [0.25, 0.3) is 0 Å². The molecular weight excluding hydrogens is 196 g/mol. The van der Waals surface area contributed by atoms with E-state index in [-0.39, 0.29) is 0 Å². The predicted octanol–water partition coefficient (Wildman–Crippen LogP) is 3.79. The van der Waals surface area contributed by atoms with Crippen molar-refractivity contribution in [1.29, 1.82) is 0 Å². The lowest BCUT2D eigenvalue weighted by molar-refractivity contribution is 0.0967. The van der Waals surface area contributed by atoms with Gasteiger partial charge in [0.1, 0.15) is 0 Å². The van der Waals surface area contributed by atoms with Gasteiger partial charge in [0.05, 0.1) is 0 Å². The Balaban J connectivity index is 2.23. The summed E-state index contributed by atoms with van der Waals surface area (Å²) in [4.78, 5) is 12.0. The van der Waals surface area contributed by atoms with E-state index in [9.17, 15) is 4.79 Å². The van der Waals surface area contributed by atoms with Crippen LogP contribution in [0.3, 0.4) is 0 Å². The summed E-state index contributed by atoms with van der Waals surface area (Å²) in [5.74, 6) is 1.32. The normalized spacial score (nSPS) is 15.5. The van der Waals surface area contributed by atoms with E-state index in [1.807, 2.05) is 6.07 Å². The first kappa shape index (κ1) is 11.4. The number of carbonyl (C=O) groups is 1. The number of hydrogen-bond acceptors (Lipinski definition) is 1. The standard InChI is InChI=1S/C15H20O/c1-10(2)8-14-9-13(5-4-11(14)3)15(16)12-6-7-12/h4-5,9-10,12H,6-8H2,1-3H3. The van der Waals surface area contributed by atoms with Crippen LogP contribution >= 0.6 is 0 Å². The lowest BCUT2D eigenvalue weighted by Crippen LogP contribution is -2.04. The van der Waals surface area contributed by atoms with E-state index in [4.69, 9.17) is 0 Å². The van der Waals surface area contributed by atoms with Crippen LogP contribution in [0.2, 0.25) is 0 Å². The number of ketones is 1. The van der Waals surface area contributed by atoms with Crippen LogP contribution in [0.15, 0.2) is 18.2 Å². The van der Waals surface area contributed by atoms with Crippen LogP contribution in [-0.4, -0.2) is 5.78 Å². The van der Waals surface area contributed by atoms with Crippen LogP contribution in [0, 0.1) is 18.8 Å². The molecule has 0 radical (unpaired) electrons. The van der Waals surface area contributed by atoms with Crippen molar-refractivity contribution < 1.29 is 4.79 Å². The Morgan fingerprint density at radius 2 is 2.06 bits per heavy atom. The molecule has 86 valence electrons. The minimum absolute atomic E-state index is 0.328. The summed E-state index contributed by atoms with van der Waals surface area (Å²) in [5.41, 5.74) is 3.56. The van der Waals surface area contributed by atoms with Crippen LogP contribution in [0.1, 0.15) is 48.2 Å². The summed E-state index contributed by atoms with van der Waals surface area (Å²) in [5, 5.41) is 0. The van der Waals surface area contributed by atoms with Gasteiger partial charge in [-0.2, -0.15) is 0 Å². The lowest BCUT2D eigenvalue weighted by atomic mass is 9.95. The molecule has 0 saturated heterocycles. The molecule has 1 heteroatoms. The van der Waals surface area contributed by atoms with E-state index in [0.717, 1.165) is 24.8 Å². The van der Waals surface area contributed by atoms with Gasteiger partial charge in [-0.1, -0.05) is 26.0 Å². The average Bonchev–Trinajstić information content (AvgIpc) is 3.03. The van der Waals surface area contributed by atoms with E-state index in [0.29, 0.717) is 17.6 Å². The molecule has 16 heavy (non-hydrogen) atoms. The number of Topliss-reactive ketones (excluding diaryl/α,β-unsaturated/α-hetero) is 1. The molecule has 0 N–H and O–H groups in total. The Hall–Kier alpha value is -1.11. The van der Waals surface area contributed by atoms with Crippen molar-refractivity contribution in [2.24, 2.45) is 11.8 Å². The first-order valence-electron chi connectivity index (χ1n) is 6.21. The zero-order chi connectivity index (χ0) is 11.7. The van der Waals surface area contributed by atoms with Crippen LogP contribution in [-0.2, 0) is 6.42 Å². The fourth-order valence-corrected chi connectivity index (χ4v) is 2.07. The zero-order valence-electron chi connectivity index (χ0n) is 10.4. The molecule has 0 aliphatic heterocycles. The van der Waals surface area contributed by atoms with Crippen LogP contribution in [0.4, 0.5) is 0 Å². The summed E-state index contributed by atoms with van der Waals surface area (Å²) in [6.07, 6.45) is 3.25. The van der Waals surface area contributed by atoms with Gasteiger partial charge < -0.3 is 0 Å². The summed E-state index contributed by atoms with van der Waals surface area (Å²) in [6.45, 7) is 6.56. The quantitative estimate of drug-likeness (QED) is 0.700. The molecule has 1 fully saturated rings. The summed E-state index contributed by atoms with van der Waals surface area (Å²) in [6, 6.07) is 6.18. The molecular formula is C15H20O. The monoisotopic (exact) mass is 216 g/mol. The van der Waals surface area contributed by atoms with Gasteiger partial charge in [-0.15, -0.1) is 0 Å². The maximum atomic E-state index is 12.0. The van der Waals surface area contributed by atoms with Crippen molar-refractivity contribution in [3.63, 3.8) is 0 Å². The molecule has 2 rings (SSSR count). The average molecular weight is 216 g/mol. The van der Waals surface area contributed by atoms with Gasteiger partial charge in [0.15, 0.2) is 5.78 Å². The fourth-order valence-electron chi connectivity index (χ4n) is 2.07. The number of carbonyl (C=O) groups excluding carboxylic acids is 1. The largest absolute Gasteiger partial charge is 0.294 e. The Labute approximate surface area is 97.9 Å². The van der Waals surface area contributed by atoms with Crippen LogP contribution in [0.25, 0.3) is 0 Å². The fraction of sp³-hybridized carbons (Fsp3) is 0.533. The third-order valence-corrected chi connectivity index (χ3v) is 3.21. The molecule has 0 atom stereocenters. The van der Waals surface area contributed by atoms with Gasteiger partial charge in [-0.25, -0.2) is 0 Å². The zero-order valence-corrected chi connectivity index (χ0v) is 10.4. The Bertz CT molecular complexity index is 400. The van der Waals surface area contributed by atoms with Gasteiger partial charge >= 0.3 is 0 Å². The maximum absolute atomic E-state index is 12.0. The third kappa shape index (κ3) is 2.52. The van der Waals surface area contributed by atoms with Crippen molar-refractivity contribution in [3.05, 3.63) is 34.9 Å². The first-order chi connectivity index (χ1) is 7.58. The van der Waals surface area contributed by atoms with E-state index < -0.39 is 0 Å². The Morgan fingerprint density at radius 3 is 2.62 bits per heavy atom. The molecule has 1 aromatic rings. The minimum atomic E-state index is 0.328. The molecule has 0 aromatic heterocycles. The summed E-state index contributed by atoms with van der Waals surface area (Å²) < 4.78 is 0. The molecule has 1 aliphatic carbocycles. The molecule has 0 unspecified atom stereocenters. The van der Waals surface area contributed by atoms with Crippen molar-refractivity contribution in [1.82, 2.24) is 0 Å². The number of hydrogen-bond donors (Lipinski definition) is 0. The molecule has 1 saturated carbocycles. The Morgan fingerprint density at radius 1 is 1.38 bits per heavy atom. The third-order valence-electron chi connectivity index (χ3n) is 3.21. The molecule has 1 aliphatic rings. The second kappa shape index (κ2) is 4.40. The molecule has 1 aromatic carbocycles. The number of benzene rings is 1. The van der Waals surface area contributed by atoms with E-state index in [2.05, 4.69) is 32.9 Å². The van der Waals surface area contributed by atoms with Gasteiger partial charge in [-0.05, 0) is 49.3 Å². The van der Waals surface area contributed by atoms with Gasteiger partial charge in [0, 0.05) is 11.5 Å². The number of rotatable bonds is 4. The van der Waals surface area contributed by atoms with Crippen molar-refractivity contribution in [3.8, 4) is 0 Å². The highest BCUT2D eigenvalue weighted by Gasteiger charge is 2.30. The van der Waals surface area contributed by atoms with E-state index in [1.165, 1.54) is 11.1 Å². The second-order valence-electron chi connectivity index (χ2n) is 5.38. The predicted molar refractivity (Wildman–Crippen MR) is 66.8 cm³/mol. The van der Waals surface area contributed by atoms with Crippen molar-refractivity contribution in [2.75, 3.05) is 0 Å². The SMILES string of the molecule is Cc1ccc(C(=O)C2CC2)cc1CC(C)C. The topological polar surface area (TPSA) is 17.1 Å². The van der Waals surface area contributed by atoms with Gasteiger partial charge in [-0.3, -0.25) is 4.79 Å². The lowest BCUT2D eigenvalue weighted by Gasteiger charge is -2.10. The highest BCUT2D eigenvalue weighted by molar-refractivity contribution is 5.99. The molecule has 1 nitrogen and oxygen atoms in total. The molecule has 0 bridgehead atoms. The van der Waals surface area contributed by atoms with E-state index in [1.54, 1.807) is 0 Å². The summed E-state index contributed by atoms with van der Waals surface area (Å²) >= 11 is 0. The van der Waals surface area contributed by atoms with Crippen LogP contribution < -0.4 is 0 Å². The molecule has 0 heterocycles. The highest BCUT2D eigenvalue weighted by Crippen LogP contribution is 2.33. The van der Waals surface area contributed by atoms with Crippen molar-refractivity contribution in [2.45, 2.75) is 40.0 Å². The Kier molecular flexibility index (Phi) is 3.13. The van der Waals surface area contributed by atoms with Gasteiger partial charge in [0.2, 0.25) is 0 Å². The summed E-state index contributed by atoms with van der Waals surface area (Å²) in [7, 11) is 0. The molecule has 0 spiro atoms. The van der Waals surface area contributed by atoms with Crippen molar-refractivity contribution >= 4 is 5.78 Å². The smallest absolute Gasteiger partial charge is 0.165 e. The number of aryl methyl sites for hydroxylation is 1.